The molecule has 0 aliphatic carbocycles. The Morgan fingerprint density at radius 2 is 1.29 bits per heavy atom. The molecule has 0 spiro atoms. The maximum Gasteiger partial charge on any atom is 0.500 e. The molecule has 0 aromatic carbocycles. The van der Waals surface area contributed by atoms with Crippen LogP contribution in [0.5, 0.6) is 0 Å². The topological polar surface area (TPSA) is 46.2 Å². The highest BCUT2D eigenvalue weighted by atomic mass is 28.4. The van der Waals surface area contributed by atoms with Crippen molar-refractivity contribution in [3.63, 3.8) is 0 Å². The normalized spacial score (nSPS) is 16.2. The highest BCUT2D eigenvalue weighted by molar-refractivity contribution is 6.75. The predicted octanol–water partition coefficient (Wildman–Crippen LogP) is 1.58. The first kappa shape index (κ1) is 17.5. The fourth-order valence-electron chi connectivity index (χ4n) is 1.64. The van der Waals surface area contributed by atoms with E-state index in [1.807, 2.05) is 0 Å². The van der Waals surface area contributed by atoms with E-state index in [4.69, 9.17) is 21.8 Å². The van der Waals surface area contributed by atoms with Crippen LogP contribution in [-0.4, -0.2) is 54.8 Å². The average molecular weight is 299 g/mol. The van der Waals surface area contributed by atoms with E-state index in [0.29, 0.717) is 0 Å². The quantitative estimate of drug-likeness (QED) is 0.605. The lowest BCUT2D eigenvalue weighted by Crippen LogP contribution is -2.47. The van der Waals surface area contributed by atoms with E-state index in [-0.39, 0.29) is 0 Å². The van der Waals surface area contributed by atoms with Gasteiger partial charge < -0.3 is 21.8 Å². The van der Waals surface area contributed by atoms with Crippen LogP contribution in [0.15, 0.2) is 0 Å². The summed E-state index contributed by atoms with van der Waals surface area (Å²) in [6.45, 7) is 6.38. The highest BCUT2D eigenvalue weighted by Gasteiger charge is 2.42. The Bertz CT molecular complexity index is 205. The van der Waals surface area contributed by atoms with Crippen LogP contribution >= 0.6 is 0 Å². The minimum atomic E-state index is -2.50. The van der Waals surface area contributed by atoms with Crippen LogP contribution in [0.2, 0.25) is 31.7 Å². The zero-order valence-electron chi connectivity index (χ0n) is 12.0. The lowest BCUT2D eigenvalue weighted by molar-refractivity contribution is 0.124. The molecule has 0 aliphatic rings. The first-order valence-corrected chi connectivity index (χ1v) is 13.0. The fourth-order valence-corrected chi connectivity index (χ4v) is 10.8. The van der Waals surface area contributed by atoms with Gasteiger partial charge in [0.15, 0.2) is 9.04 Å². The predicted molar refractivity (Wildman–Crippen MR) is 75.0 cm³/mol. The minimum Gasteiger partial charge on any atom is -0.439 e. The van der Waals surface area contributed by atoms with Crippen molar-refractivity contribution in [1.29, 1.82) is 0 Å². The van der Waals surface area contributed by atoms with Crippen molar-refractivity contribution in [2.45, 2.75) is 31.7 Å². The summed E-state index contributed by atoms with van der Waals surface area (Å²) < 4.78 is 27.8. The van der Waals surface area contributed by atoms with Crippen LogP contribution in [-0.2, 0) is 21.8 Å². The molecule has 0 amide bonds. The Hall–Kier alpha value is 0.451. The first-order chi connectivity index (χ1) is 7.87. The van der Waals surface area contributed by atoms with E-state index in [2.05, 4.69) is 19.6 Å². The summed E-state index contributed by atoms with van der Waals surface area (Å²) >= 11 is 0. The summed E-state index contributed by atoms with van der Waals surface area (Å²) in [5.41, 5.74) is 0. The van der Waals surface area contributed by atoms with Crippen molar-refractivity contribution in [3.05, 3.63) is 0 Å². The second kappa shape index (κ2) is 7.79. The van der Waals surface area contributed by atoms with E-state index in [0.717, 1.165) is 12.1 Å². The summed E-state index contributed by atoms with van der Waals surface area (Å²) in [4.78, 5) is 0. The molecule has 0 rings (SSSR count). The van der Waals surface area contributed by atoms with Gasteiger partial charge in [0.1, 0.15) is 0 Å². The van der Waals surface area contributed by atoms with Crippen LogP contribution in [0.4, 0.5) is 0 Å². The monoisotopic (exact) mass is 298 g/mol. The Balaban J connectivity index is 4.48. The van der Waals surface area contributed by atoms with E-state index >= 15 is 0 Å². The summed E-state index contributed by atoms with van der Waals surface area (Å²) in [6, 6.07) is 1.56. The molecule has 0 fully saturated rings. The molecule has 0 radical (unpaired) electrons. The molecule has 0 aromatic rings. The van der Waals surface area contributed by atoms with Gasteiger partial charge in [0.25, 0.3) is 0 Å². The van der Waals surface area contributed by atoms with Crippen molar-refractivity contribution >= 4 is 26.4 Å². The van der Waals surface area contributed by atoms with E-state index in [1.165, 1.54) is 0 Å². The van der Waals surface area contributed by atoms with Gasteiger partial charge in [0.05, 0.1) is 0 Å². The van der Waals surface area contributed by atoms with Crippen molar-refractivity contribution in [2.75, 3.05) is 28.4 Å². The summed E-state index contributed by atoms with van der Waals surface area (Å²) in [7, 11) is 0.916. The SMILES string of the molecule is CO[Si](C)(CC[Si](OC)(OC)OC)O[SiH](C)C. The minimum absolute atomic E-state index is 0.730. The molecule has 17 heavy (non-hydrogen) atoms. The molecular weight excluding hydrogens is 272 g/mol. The molecule has 0 bridgehead atoms. The summed E-state index contributed by atoms with van der Waals surface area (Å²) in [5.74, 6) is 0. The third-order valence-corrected chi connectivity index (χ3v) is 11.9. The molecule has 8 heteroatoms. The Kier molecular flexibility index (Phi) is 8.00. The lowest BCUT2D eigenvalue weighted by atomic mass is 10.9. The number of hydrogen-bond acceptors (Lipinski definition) is 5. The molecule has 0 aliphatic heterocycles. The average Bonchev–Trinajstić information content (AvgIpc) is 2.31. The molecule has 1 unspecified atom stereocenters. The Morgan fingerprint density at radius 1 is 0.824 bits per heavy atom. The molecule has 0 heterocycles. The molecule has 1 atom stereocenters. The maximum absolute atomic E-state index is 6.03. The second-order valence-corrected chi connectivity index (χ2v) is 13.6. The van der Waals surface area contributed by atoms with Gasteiger partial charge in [0, 0.05) is 34.5 Å². The molecular formula is C9H26O5Si3. The van der Waals surface area contributed by atoms with Crippen molar-refractivity contribution in [2.24, 2.45) is 0 Å². The zero-order valence-corrected chi connectivity index (χ0v) is 15.2. The Labute approximate surface area is 109 Å². The Morgan fingerprint density at radius 3 is 1.59 bits per heavy atom. The van der Waals surface area contributed by atoms with Crippen LogP contribution < -0.4 is 0 Å². The van der Waals surface area contributed by atoms with Gasteiger partial charge in [-0.15, -0.1) is 0 Å². The molecule has 104 valence electrons. The molecule has 0 N–H and O–H groups in total. The van der Waals surface area contributed by atoms with Gasteiger partial charge in [-0.05, 0) is 25.7 Å². The summed E-state index contributed by atoms with van der Waals surface area (Å²) in [6.07, 6.45) is 0. The summed E-state index contributed by atoms with van der Waals surface area (Å²) in [5, 5.41) is 0. The van der Waals surface area contributed by atoms with E-state index in [1.54, 1.807) is 28.4 Å². The molecule has 5 nitrogen and oxygen atoms in total. The second-order valence-electron chi connectivity index (χ2n) is 4.30. The maximum atomic E-state index is 6.03. The van der Waals surface area contributed by atoms with Crippen LogP contribution in [0.1, 0.15) is 0 Å². The standard InChI is InChI=1S/C9H26O5Si3/c1-10-16(7,14-15(5)6)8-9-17(11-2,12-3)13-4/h15H,8-9H2,1-7H3. The van der Waals surface area contributed by atoms with Crippen LogP contribution in [0.3, 0.4) is 0 Å². The van der Waals surface area contributed by atoms with Gasteiger partial charge in [-0.3, -0.25) is 0 Å². The van der Waals surface area contributed by atoms with E-state index in [9.17, 15) is 0 Å². The highest BCUT2D eigenvalue weighted by Crippen LogP contribution is 2.23. The van der Waals surface area contributed by atoms with Crippen molar-refractivity contribution < 1.29 is 21.8 Å². The largest absolute Gasteiger partial charge is 0.500 e. The van der Waals surface area contributed by atoms with Crippen LogP contribution in [0, 0.1) is 0 Å². The number of rotatable bonds is 9. The third kappa shape index (κ3) is 5.75. The van der Waals surface area contributed by atoms with Crippen molar-refractivity contribution in [3.8, 4) is 0 Å². The smallest absolute Gasteiger partial charge is 0.439 e. The van der Waals surface area contributed by atoms with Gasteiger partial charge in [-0.25, -0.2) is 0 Å². The number of hydrogen-bond donors (Lipinski definition) is 0. The molecule has 0 saturated heterocycles. The zero-order chi connectivity index (χ0) is 13.5. The van der Waals surface area contributed by atoms with Gasteiger partial charge in [-0.2, -0.15) is 0 Å². The van der Waals surface area contributed by atoms with Crippen LogP contribution in [0.25, 0.3) is 0 Å². The molecule has 0 saturated carbocycles. The lowest BCUT2D eigenvalue weighted by Gasteiger charge is -2.31. The van der Waals surface area contributed by atoms with E-state index < -0.39 is 26.4 Å². The molecule has 0 aromatic heterocycles. The third-order valence-electron chi connectivity index (χ3n) is 2.74. The van der Waals surface area contributed by atoms with Crippen molar-refractivity contribution in [1.82, 2.24) is 0 Å². The van der Waals surface area contributed by atoms with Gasteiger partial charge in [0.2, 0.25) is 0 Å². The van der Waals surface area contributed by atoms with Gasteiger partial charge in [-0.1, -0.05) is 0 Å². The first-order valence-electron chi connectivity index (χ1n) is 5.75. The van der Waals surface area contributed by atoms with Gasteiger partial charge >= 0.3 is 17.4 Å². The fraction of sp³-hybridized carbons (Fsp3) is 1.00.